The lowest BCUT2D eigenvalue weighted by molar-refractivity contribution is -0.130. The number of hydrogen-bond acceptors (Lipinski definition) is 5. The number of carboxylic acids is 1. The Kier molecular flexibility index (Phi) is 3.41. The Labute approximate surface area is 114 Å². The Morgan fingerprint density at radius 3 is 2.55 bits per heavy atom. The van der Waals surface area contributed by atoms with E-state index in [-0.39, 0.29) is 5.75 Å². The van der Waals surface area contributed by atoms with Crippen LogP contribution in [0.25, 0.3) is 0 Å². The van der Waals surface area contributed by atoms with Gasteiger partial charge < -0.3 is 9.84 Å². The monoisotopic (exact) mass is 295 g/mol. The van der Waals surface area contributed by atoms with E-state index >= 15 is 0 Å². The van der Waals surface area contributed by atoms with E-state index in [4.69, 9.17) is 9.84 Å². The van der Waals surface area contributed by atoms with E-state index in [0.29, 0.717) is 6.08 Å². The van der Waals surface area contributed by atoms with Crippen LogP contribution in [-0.4, -0.2) is 31.2 Å². The maximum atomic E-state index is 11.8. The zero-order valence-electron chi connectivity index (χ0n) is 10.2. The van der Waals surface area contributed by atoms with Gasteiger partial charge in [-0.3, -0.25) is 0 Å². The molecule has 0 radical (unpaired) electrons. The van der Waals surface area contributed by atoms with Gasteiger partial charge in [-0.25, -0.2) is 9.59 Å². The van der Waals surface area contributed by atoms with Gasteiger partial charge in [-0.1, -0.05) is 12.1 Å². The second-order valence-electron chi connectivity index (χ2n) is 3.97. The number of carbonyl (C=O) groups excluding carboxylic acids is 1. The number of esters is 1. The summed E-state index contributed by atoms with van der Waals surface area (Å²) in [5.74, 6) is -2.54. The van der Waals surface area contributed by atoms with Crippen molar-refractivity contribution in [2.45, 2.75) is 6.92 Å². The lowest BCUT2D eigenvalue weighted by Crippen LogP contribution is -2.15. The highest BCUT2D eigenvalue weighted by Gasteiger charge is 2.34. The number of ether oxygens (including phenoxy) is 1. The smallest absolute Gasteiger partial charge is 0.357 e. The van der Waals surface area contributed by atoms with Gasteiger partial charge in [0.2, 0.25) is 0 Å². The van der Waals surface area contributed by atoms with E-state index < -0.39 is 32.6 Å². The molecule has 1 aliphatic rings. The number of sulfonamides is 1. The van der Waals surface area contributed by atoms with Crippen molar-refractivity contribution in [1.82, 2.24) is 0 Å². The van der Waals surface area contributed by atoms with Crippen LogP contribution in [0.4, 0.5) is 0 Å². The number of nitrogens with zero attached hydrogens (tertiary/aromatic N) is 1. The van der Waals surface area contributed by atoms with Crippen LogP contribution in [0.2, 0.25) is 0 Å². The van der Waals surface area contributed by atoms with Crippen LogP contribution in [0.3, 0.4) is 0 Å². The molecule has 104 valence electrons. The van der Waals surface area contributed by atoms with Gasteiger partial charge >= 0.3 is 11.9 Å². The lowest BCUT2D eigenvalue weighted by atomic mass is 10.2. The zero-order valence-corrected chi connectivity index (χ0v) is 11.0. The minimum absolute atomic E-state index is 0.162. The Morgan fingerprint density at radius 1 is 1.30 bits per heavy atom. The van der Waals surface area contributed by atoms with Gasteiger partial charge in [-0.15, -0.1) is 0 Å². The van der Waals surface area contributed by atoms with Crippen LogP contribution in [0, 0.1) is 6.92 Å². The normalized spacial score (nSPS) is 16.2. The predicted molar refractivity (Wildman–Crippen MR) is 68.9 cm³/mol. The Morgan fingerprint density at radius 2 is 2.00 bits per heavy atom. The van der Waals surface area contributed by atoms with Crippen LogP contribution in [0.1, 0.15) is 5.56 Å². The van der Waals surface area contributed by atoms with E-state index in [2.05, 4.69) is 4.40 Å². The van der Waals surface area contributed by atoms with Crippen LogP contribution < -0.4 is 4.74 Å². The lowest BCUT2D eigenvalue weighted by Gasteiger charge is -2.04. The number of benzene rings is 1. The molecule has 1 aromatic rings. The fourth-order valence-corrected chi connectivity index (χ4v) is 2.51. The first-order valence-electron chi connectivity index (χ1n) is 5.38. The largest absolute Gasteiger partial charge is 0.476 e. The van der Waals surface area contributed by atoms with E-state index in [1.165, 1.54) is 6.07 Å². The second kappa shape index (κ2) is 4.89. The molecule has 1 heterocycles. The molecule has 8 heteroatoms. The van der Waals surface area contributed by atoms with Crippen LogP contribution in [-0.2, 0) is 19.6 Å². The van der Waals surface area contributed by atoms with Crippen molar-refractivity contribution < 1.29 is 27.9 Å². The molecule has 2 rings (SSSR count). The van der Waals surface area contributed by atoms with E-state index in [1.807, 2.05) is 0 Å². The van der Waals surface area contributed by atoms with Gasteiger partial charge in [-0.05, 0) is 24.6 Å². The van der Waals surface area contributed by atoms with E-state index in [0.717, 1.165) is 5.56 Å². The fraction of sp³-hybridized carbons (Fsp3) is 0.0833. The van der Waals surface area contributed by atoms with E-state index in [9.17, 15) is 18.0 Å². The first-order chi connectivity index (χ1) is 9.29. The van der Waals surface area contributed by atoms with Gasteiger partial charge in [0.25, 0.3) is 10.0 Å². The van der Waals surface area contributed by atoms with Gasteiger partial charge in [0.1, 0.15) is 5.75 Å². The summed E-state index contributed by atoms with van der Waals surface area (Å²) in [5.41, 5.74) is 0.0993. The summed E-state index contributed by atoms with van der Waals surface area (Å²) in [5, 5.41) is 8.68. The first-order valence-corrected chi connectivity index (χ1v) is 6.82. The van der Waals surface area contributed by atoms with Crippen molar-refractivity contribution in [3.05, 3.63) is 40.8 Å². The maximum absolute atomic E-state index is 11.8. The molecule has 0 amide bonds. The molecule has 0 aromatic heterocycles. The average Bonchev–Trinajstić information content (AvgIpc) is 2.65. The van der Waals surface area contributed by atoms with Crippen molar-refractivity contribution in [2.75, 3.05) is 0 Å². The molecular weight excluding hydrogens is 286 g/mol. The summed E-state index contributed by atoms with van der Waals surface area (Å²) in [6.07, 6.45) is 0.676. The highest BCUT2D eigenvalue weighted by atomic mass is 32.2. The SMILES string of the molecule is Cc1cccc(OC(=O)C2=CC(C(=O)O)=NS2(=O)=O)c1. The molecule has 0 aliphatic carbocycles. The molecule has 0 bridgehead atoms. The number of aliphatic carboxylic acids is 1. The van der Waals surface area contributed by atoms with Crippen molar-refractivity contribution >= 4 is 27.7 Å². The van der Waals surface area contributed by atoms with Gasteiger partial charge in [0.05, 0.1) is 0 Å². The molecule has 0 fully saturated rings. The van der Waals surface area contributed by atoms with Crippen LogP contribution in [0.15, 0.2) is 39.6 Å². The molecular formula is C12H9NO6S. The molecule has 0 saturated carbocycles. The third kappa shape index (κ3) is 2.75. The third-order valence-corrected chi connectivity index (χ3v) is 3.66. The number of aryl methyl sites for hydroxylation is 1. The highest BCUT2D eigenvalue weighted by Crippen LogP contribution is 2.21. The van der Waals surface area contributed by atoms with Crippen molar-refractivity contribution in [3.8, 4) is 5.75 Å². The Balaban J connectivity index is 2.27. The van der Waals surface area contributed by atoms with Crippen LogP contribution >= 0.6 is 0 Å². The summed E-state index contributed by atoms with van der Waals surface area (Å²) in [6, 6.07) is 6.42. The molecule has 1 aromatic carbocycles. The minimum Gasteiger partial charge on any atom is -0.476 e. The Hall–Kier alpha value is -2.48. The van der Waals surface area contributed by atoms with Gasteiger partial charge in [0.15, 0.2) is 10.6 Å². The van der Waals surface area contributed by atoms with Crippen molar-refractivity contribution in [2.24, 2.45) is 4.40 Å². The standard InChI is InChI=1S/C12H9NO6S/c1-7-3-2-4-8(5-7)19-12(16)10-6-9(11(14)15)13-20(10,17)18/h2-6H,1H3,(H,14,15). The summed E-state index contributed by atoms with van der Waals surface area (Å²) in [7, 11) is -4.32. The molecule has 0 unspecified atom stereocenters. The van der Waals surface area contributed by atoms with Crippen LogP contribution in [0.5, 0.6) is 5.75 Å². The molecule has 20 heavy (non-hydrogen) atoms. The van der Waals surface area contributed by atoms with Crippen molar-refractivity contribution in [3.63, 3.8) is 0 Å². The minimum atomic E-state index is -4.32. The van der Waals surface area contributed by atoms with Gasteiger partial charge in [0, 0.05) is 6.08 Å². The Bertz CT molecular complexity index is 760. The molecule has 0 saturated heterocycles. The third-order valence-electron chi connectivity index (χ3n) is 2.38. The van der Waals surface area contributed by atoms with E-state index in [1.54, 1.807) is 25.1 Å². The van der Waals surface area contributed by atoms with Crippen molar-refractivity contribution in [1.29, 1.82) is 0 Å². The fourth-order valence-electron chi connectivity index (χ4n) is 1.50. The molecule has 0 spiro atoms. The average molecular weight is 295 g/mol. The number of hydrogen-bond donors (Lipinski definition) is 1. The highest BCUT2D eigenvalue weighted by molar-refractivity contribution is 7.95. The summed E-state index contributed by atoms with van der Waals surface area (Å²) in [4.78, 5) is 21.6. The summed E-state index contributed by atoms with van der Waals surface area (Å²) < 4.78 is 31.0. The molecule has 1 aliphatic heterocycles. The summed E-state index contributed by atoms with van der Waals surface area (Å²) >= 11 is 0. The topological polar surface area (TPSA) is 110 Å². The first kappa shape index (κ1) is 13.9. The maximum Gasteiger partial charge on any atom is 0.357 e. The molecule has 7 nitrogen and oxygen atoms in total. The number of carbonyl (C=O) groups is 2. The summed E-state index contributed by atoms with van der Waals surface area (Å²) in [6.45, 7) is 1.77. The quantitative estimate of drug-likeness (QED) is 0.647. The number of rotatable bonds is 3. The second-order valence-corrected chi connectivity index (χ2v) is 5.54. The molecule has 1 N–H and O–H groups in total. The predicted octanol–water partition coefficient (Wildman–Crippen LogP) is 0.653. The number of carboxylic acid groups (broad SMARTS) is 1. The van der Waals surface area contributed by atoms with Gasteiger partial charge in [-0.2, -0.15) is 12.8 Å². The molecule has 0 atom stereocenters. The zero-order chi connectivity index (χ0) is 14.9.